The number of benzene rings is 2. The van der Waals surface area contributed by atoms with Crippen LogP contribution in [0, 0.1) is 13.8 Å². The van der Waals surface area contributed by atoms with Gasteiger partial charge in [-0.2, -0.15) is 0 Å². The van der Waals surface area contributed by atoms with Crippen molar-refractivity contribution >= 4 is 17.5 Å². The number of carbonyl (C=O) groups is 2. The smallest absolute Gasteiger partial charge is 0.238 e. The maximum Gasteiger partial charge on any atom is 0.238 e. The fourth-order valence-electron chi connectivity index (χ4n) is 4.86. The normalized spacial score (nSPS) is 21.9. The van der Waals surface area contributed by atoms with Gasteiger partial charge in [0.1, 0.15) is 0 Å². The molecule has 1 N–H and O–H groups in total. The minimum atomic E-state index is -0.00926. The number of carbonyl (C=O) groups excluding carboxylic acids is 2. The number of hydrogen-bond acceptors (Lipinski definition) is 5. The van der Waals surface area contributed by atoms with Crippen LogP contribution in [0.25, 0.3) is 0 Å². The van der Waals surface area contributed by atoms with Crippen LogP contribution in [0.1, 0.15) is 29.7 Å². The van der Waals surface area contributed by atoms with Crippen LogP contribution < -0.4 is 5.32 Å². The molecule has 7 heteroatoms. The Labute approximate surface area is 202 Å². The zero-order valence-electron chi connectivity index (χ0n) is 20.5. The highest BCUT2D eigenvalue weighted by molar-refractivity contribution is 5.93. The number of ether oxygens (including phenoxy) is 1. The fourth-order valence-corrected chi connectivity index (χ4v) is 4.86. The van der Waals surface area contributed by atoms with Crippen LogP contribution in [-0.2, 0) is 14.3 Å². The van der Waals surface area contributed by atoms with E-state index in [9.17, 15) is 9.59 Å². The van der Waals surface area contributed by atoms with Crippen LogP contribution >= 0.6 is 0 Å². The van der Waals surface area contributed by atoms with Gasteiger partial charge in [0, 0.05) is 45.0 Å². The van der Waals surface area contributed by atoms with Gasteiger partial charge in [0.15, 0.2) is 0 Å². The Morgan fingerprint density at radius 2 is 1.56 bits per heavy atom. The highest BCUT2D eigenvalue weighted by Gasteiger charge is 2.30. The lowest BCUT2D eigenvalue weighted by molar-refractivity contribution is -0.138. The summed E-state index contributed by atoms with van der Waals surface area (Å²) in [6.45, 7) is 11.0. The van der Waals surface area contributed by atoms with Gasteiger partial charge < -0.3 is 15.0 Å². The van der Waals surface area contributed by atoms with Gasteiger partial charge in [-0.25, -0.2) is 0 Å². The van der Waals surface area contributed by atoms with E-state index in [0.717, 1.165) is 35.5 Å². The first-order valence-electron chi connectivity index (χ1n) is 12.2. The SMILES string of the molecule is Cc1cccc(C)c1NC(=O)CN1CCN(C(=O)CN2CC(C)OC(c3ccccc3)C2)CC1. The first-order chi connectivity index (χ1) is 16.4. The number of anilines is 1. The molecule has 34 heavy (non-hydrogen) atoms. The van der Waals surface area contributed by atoms with Crippen LogP contribution in [0.15, 0.2) is 48.5 Å². The highest BCUT2D eigenvalue weighted by Crippen LogP contribution is 2.25. The minimum absolute atomic E-state index is 0.00793. The summed E-state index contributed by atoms with van der Waals surface area (Å²) in [6.07, 6.45) is 0.0731. The minimum Gasteiger partial charge on any atom is -0.368 e. The Balaban J connectivity index is 1.24. The van der Waals surface area contributed by atoms with Crippen molar-refractivity contribution < 1.29 is 14.3 Å². The molecule has 2 aromatic carbocycles. The van der Waals surface area contributed by atoms with Gasteiger partial charge in [-0.15, -0.1) is 0 Å². The molecule has 0 bridgehead atoms. The lowest BCUT2D eigenvalue weighted by atomic mass is 10.1. The van der Waals surface area contributed by atoms with Crippen LogP contribution in [0.5, 0.6) is 0 Å². The van der Waals surface area contributed by atoms with Gasteiger partial charge in [0.25, 0.3) is 0 Å². The number of rotatable bonds is 6. The molecule has 2 aliphatic heterocycles. The summed E-state index contributed by atoms with van der Waals surface area (Å²) in [7, 11) is 0. The van der Waals surface area contributed by atoms with Crippen molar-refractivity contribution in [1.82, 2.24) is 14.7 Å². The molecular formula is C27H36N4O3. The zero-order valence-corrected chi connectivity index (χ0v) is 20.5. The quantitative estimate of drug-likeness (QED) is 0.712. The topological polar surface area (TPSA) is 65.1 Å². The monoisotopic (exact) mass is 464 g/mol. The van der Waals surface area contributed by atoms with Crippen molar-refractivity contribution in [2.75, 3.05) is 57.7 Å². The molecule has 0 aliphatic carbocycles. The largest absolute Gasteiger partial charge is 0.368 e. The van der Waals surface area contributed by atoms with E-state index in [4.69, 9.17) is 4.74 Å². The summed E-state index contributed by atoms with van der Waals surface area (Å²) in [5.74, 6) is 0.145. The van der Waals surface area contributed by atoms with Gasteiger partial charge in [-0.3, -0.25) is 19.4 Å². The van der Waals surface area contributed by atoms with Crippen LogP contribution in [0.4, 0.5) is 5.69 Å². The summed E-state index contributed by atoms with van der Waals surface area (Å²) < 4.78 is 6.13. The maximum absolute atomic E-state index is 13.0. The Hall–Kier alpha value is -2.74. The van der Waals surface area contributed by atoms with E-state index < -0.39 is 0 Å². The predicted molar refractivity (Wildman–Crippen MR) is 134 cm³/mol. The summed E-state index contributed by atoms with van der Waals surface area (Å²) in [6, 6.07) is 16.2. The standard InChI is InChI=1S/C27H36N4O3/c1-20-8-7-9-21(2)27(20)28-25(32)18-29-12-14-31(15-13-29)26(33)19-30-16-22(3)34-24(17-30)23-10-5-4-6-11-23/h4-11,22,24H,12-19H2,1-3H3,(H,28,32). The van der Waals surface area contributed by atoms with Crippen molar-refractivity contribution in [2.24, 2.45) is 0 Å². The maximum atomic E-state index is 13.0. The lowest BCUT2D eigenvalue weighted by Gasteiger charge is -2.39. The third-order valence-electron chi connectivity index (χ3n) is 6.70. The van der Waals surface area contributed by atoms with Gasteiger partial charge >= 0.3 is 0 Å². The number of aryl methyl sites for hydroxylation is 2. The highest BCUT2D eigenvalue weighted by atomic mass is 16.5. The molecule has 0 radical (unpaired) electrons. The second kappa shape index (κ2) is 11.1. The number of amides is 2. The number of hydrogen-bond donors (Lipinski definition) is 1. The van der Waals surface area contributed by atoms with Crippen LogP contribution in [-0.4, -0.2) is 85.0 Å². The second-order valence-electron chi connectivity index (χ2n) is 9.51. The molecule has 0 aromatic heterocycles. The molecule has 182 valence electrons. The molecule has 2 saturated heterocycles. The molecule has 4 rings (SSSR count). The number of morpholine rings is 1. The van der Waals surface area contributed by atoms with Gasteiger partial charge in [-0.1, -0.05) is 48.5 Å². The zero-order chi connectivity index (χ0) is 24.1. The van der Waals surface area contributed by atoms with Crippen LogP contribution in [0.3, 0.4) is 0 Å². The number of para-hydroxylation sites is 1. The molecule has 2 heterocycles. The van der Waals surface area contributed by atoms with Gasteiger partial charge in [-0.05, 0) is 37.5 Å². The number of nitrogens with one attached hydrogen (secondary N) is 1. The van der Waals surface area contributed by atoms with Gasteiger partial charge in [0.05, 0.1) is 25.3 Å². The third-order valence-corrected chi connectivity index (χ3v) is 6.70. The predicted octanol–water partition coefficient (Wildman–Crippen LogP) is 2.85. The van der Waals surface area contributed by atoms with Gasteiger partial charge in [0.2, 0.25) is 11.8 Å². The van der Waals surface area contributed by atoms with Crippen molar-refractivity contribution in [2.45, 2.75) is 33.0 Å². The van der Waals surface area contributed by atoms with Crippen molar-refractivity contribution in [3.05, 3.63) is 65.2 Å². The van der Waals surface area contributed by atoms with Crippen molar-refractivity contribution in [3.63, 3.8) is 0 Å². The molecule has 2 aliphatic rings. The van der Waals surface area contributed by atoms with E-state index in [0.29, 0.717) is 39.3 Å². The molecular weight excluding hydrogens is 428 g/mol. The molecule has 2 atom stereocenters. The van der Waals surface area contributed by atoms with E-state index in [2.05, 4.69) is 34.2 Å². The molecule has 0 saturated carbocycles. The van der Waals surface area contributed by atoms with E-state index in [1.165, 1.54) is 0 Å². The summed E-state index contributed by atoms with van der Waals surface area (Å²) in [5.41, 5.74) is 4.18. The Bertz CT molecular complexity index is 968. The molecule has 2 unspecified atom stereocenters. The first kappa shape index (κ1) is 24.4. The Morgan fingerprint density at radius 3 is 2.24 bits per heavy atom. The van der Waals surface area contributed by atoms with E-state index >= 15 is 0 Å². The molecule has 0 spiro atoms. The average Bonchev–Trinajstić information content (AvgIpc) is 2.82. The summed E-state index contributed by atoms with van der Waals surface area (Å²) >= 11 is 0. The molecule has 2 aromatic rings. The second-order valence-corrected chi connectivity index (χ2v) is 9.51. The summed E-state index contributed by atoms with van der Waals surface area (Å²) in [5, 5.41) is 3.06. The van der Waals surface area contributed by atoms with E-state index in [1.807, 2.05) is 55.1 Å². The Morgan fingerprint density at radius 1 is 0.882 bits per heavy atom. The third kappa shape index (κ3) is 6.23. The Kier molecular flexibility index (Phi) is 7.98. The first-order valence-corrected chi connectivity index (χ1v) is 12.2. The average molecular weight is 465 g/mol. The molecule has 7 nitrogen and oxygen atoms in total. The van der Waals surface area contributed by atoms with Crippen molar-refractivity contribution in [3.8, 4) is 0 Å². The van der Waals surface area contributed by atoms with E-state index in [-0.39, 0.29) is 24.0 Å². The number of nitrogens with zero attached hydrogens (tertiary/aromatic N) is 3. The molecule has 2 amide bonds. The van der Waals surface area contributed by atoms with Crippen LogP contribution in [0.2, 0.25) is 0 Å². The summed E-state index contributed by atoms with van der Waals surface area (Å²) in [4.78, 5) is 31.9. The lowest BCUT2D eigenvalue weighted by Crippen LogP contribution is -2.54. The molecule has 2 fully saturated rings. The van der Waals surface area contributed by atoms with E-state index in [1.54, 1.807) is 0 Å². The van der Waals surface area contributed by atoms with Crippen molar-refractivity contribution in [1.29, 1.82) is 0 Å². The number of piperazine rings is 1. The fraction of sp³-hybridized carbons (Fsp3) is 0.481.